The fraction of sp³-hybridized carbons (Fsp3) is 0.286. The number of halogens is 1. The van der Waals surface area contributed by atoms with E-state index in [9.17, 15) is 4.79 Å². The van der Waals surface area contributed by atoms with Crippen LogP contribution in [0.2, 0.25) is 5.02 Å². The Labute approximate surface area is 179 Å². The van der Waals surface area contributed by atoms with Crippen molar-refractivity contribution in [1.29, 1.82) is 0 Å². The Morgan fingerprint density at radius 3 is 2.59 bits per heavy atom. The second-order valence-corrected chi connectivity index (χ2v) is 7.62. The summed E-state index contributed by atoms with van der Waals surface area (Å²) in [4.78, 5) is 12.4. The summed E-state index contributed by atoms with van der Waals surface area (Å²) in [6.45, 7) is 4.60. The van der Waals surface area contributed by atoms with E-state index >= 15 is 0 Å². The zero-order valence-electron chi connectivity index (χ0n) is 16.5. The number of methoxy groups -OCH3 is 1. The van der Waals surface area contributed by atoms with Crippen LogP contribution in [0, 0.1) is 0 Å². The van der Waals surface area contributed by atoms with E-state index in [1.165, 1.54) is 11.8 Å². The summed E-state index contributed by atoms with van der Waals surface area (Å²) in [7, 11) is 1.62. The highest BCUT2D eigenvalue weighted by molar-refractivity contribution is 7.99. The van der Waals surface area contributed by atoms with Crippen molar-refractivity contribution in [2.75, 3.05) is 12.9 Å². The number of ketones is 1. The van der Waals surface area contributed by atoms with Crippen LogP contribution < -0.4 is 9.47 Å². The standard InChI is InChI=1S/C21H22ClN3O3S/c1-4-25-20(14(2)28-18-7-5-6-17(12-18)27-3)23-24-21(25)29-13-19(26)15-8-10-16(22)11-9-15/h5-12,14H,4,13H2,1-3H3. The van der Waals surface area contributed by atoms with Gasteiger partial charge in [-0.1, -0.05) is 29.4 Å². The Hall–Kier alpha value is -2.51. The van der Waals surface area contributed by atoms with Crippen molar-refractivity contribution in [3.8, 4) is 11.5 Å². The van der Waals surface area contributed by atoms with Gasteiger partial charge in [0.1, 0.15) is 11.5 Å². The van der Waals surface area contributed by atoms with Crippen LogP contribution >= 0.6 is 23.4 Å². The van der Waals surface area contributed by atoms with Crippen molar-refractivity contribution in [3.63, 3.8) is 0 Å². The molecule has 0 aliphatic rings. The fourth-order valence-corrected chi connectivity index (χ4v) is 3.82. The van der Waals surface area contributed by atoms with E-state index < -0.39 is 0 Å². The third kappa shape index (κ3) is 5.31. The molecule has 0 N–H and O–H groups in total. The Balaban J connectivity index is 1.68. The molecule has 3 rings (SSSR count). The van der Waals surface area contributed by atoms with Crippen LogP contribution in [0.5, 0.6) is 11.5 Å². The van der Waals surface area contributed by atoms with Gasteiger partial charge in [-0.25, -0.2) is 0 Å². The minimum Gasteiger partial charge on any atom is -0.497 e. The van der Waals surface area contributed by atoms with E-state index in [1.54, 1.807) is 31.4 Å². The summed E-state index contributed by atoms with van der Waals surface area (Å²) in [5.74, 6) is 2.40. The molecule has 1 aromatic heterocycles. The summed E-state index contributed by atoms with van der Waals surface area (Å²) in [6, 6.07) is 14.3. The van der Waals surface area contributed by atoms with Crippen LogP contribution in [-0.4, -0.2) is 33.4 Å². The highest BCUT2D eigenvalue weighted by Gasteiger charge is 2.20. The summed E-state index contributed by atoms with van der Waals surface area (Å²) in [6.07, 6.45) is -0.309. The maximum Gasteiger partial charge on any atom is 0.191 e. The summed E-state index contributed by atoms with van der Waals surface area (Å²) in [5, 5.41) is 9.85. The lowest BCUT2D eigenvalue weighted by molar-refractivity contribution is 0.102. The second-order valence-electron chi connectivity index (χ2n) is 6.24. The number of thioether (sulfide) groups is 1. The van der Waals surface area contributed by atoms with E-state index in [0.29, 0.717) is 33.9 Å². The maximum absolute atomic E-state index is 12.4. The lowest BCUT2D eigenvalue weighted by Gasteiger charge is -2.16. The third-order valence-electron chi connectivity index (χ3n) is 4.28. The molecule has 0 radical (unpaired) electrons. The molecule has 1 unspecified atom stereocenters. The van der Waals surface area contributed by atoms with Gasteiger partial charge in [0.2, 0.25) is 0 Å². The van der Waals surface area contributed by atoms with Crippen molar-refractivity contribution < 1.29 is 14.3 Å². The third-order valence-corrected chi connectivity index (χ3v) is 5.50. The molecule has 1 heterocycles. The van der Waals surface area contributed by atoms with Crippen LogP contribution in [0.15, 0.2) is 53.7 Å². The number of ether oxygens (including phenoxy) is 2. The van der Waals surface area contributed by atoms with Crippen LogP contribution in [-0.2, 0) is 6.54 Å². The average Bonchev–Trinajstić information content (AvgIpc) is 3.15. The summed E-state index contributed by atoms with van der Waals surface area (Å²) >= 11 is 7.24. The molecule has 0 fully saturated rings. The first-order chi connectivity index (χ1) is 14.0. The van der Waals surface area contributed by atoms with Crippen molar-refractivity contribution in [2.45, 2.75) is 31.7 Å². The van der Waals surface area contributed by atoms with Gasteiger partial charge in [-0.05, 0) is 50.2 Å². The van der Waals surface area contributed by atoms with Gasteiger partial charge in [0.25, 0.3) is 0 Å². The molecule has 0 aliphatic heterocycles. The first-order valence-electron chi connectivity index (χ1n) is 9.17. The fourth-order valence-electron chi connectivity index (χ4n) is 2.79. The van der Waals surface area contributed by atoms with E-state index in [1.807, 2.05) is 42.7 Å². The molecule has 152 valence electrons. The van der Waals surface area contributed by atoms with E-state index in [4.69, 9.17) is 21.1 Å². The van der Waals surface area contributed by atoms with E-state index in [2.05, 4.69) is 10.2 Å². The number of aromatic nitrogens is 3. The Kier molecular flexibility index (Phi) is 7.17. The van der Waals surface area contributed by atoms with Gasteiger partial charge in [0.05, 0.1) is 12.9 Å². The SMILES string of the molecule is CCn1c(SCC(=O)c2ccc(Cl)cc2)nnc1C(C)Oc1cccc(OC)c1. The molecule has 0 bridgehead atoms. The number of carbonyl (C=O) groups excluding carboxylic acids is 1. The molecule has 29 heavy (non-hydrogen) atoms. The summed E-state index contributed by atoms with van der Waals surface area (Å²) in [5.41, 5.74) is 0.624. The predicted molar refractivity (Wildman–Crippen MR) is 114 cm³/mol. The minimum atomic E-state index is -0.309. The molecule has 0 amide bonds. The van der Waals surface area contributed by atoms with Crippen molar-refractivity contribution in [1.82, 2.24) is 14.8 Å². The maximum atomic E-state index is 12.4. The normalized spacial score (nSPS) is 11.9. The van der Waals surface area contributed by atoms with E-state index in [0.717, 1.165) is 5.75 Å². The molecule has 0 saturated carbocycles. The number of nitrogens with zero attached hydrogens (tertiary/aromatic N) is 3. The van der Waals surface area contributed by atoms with Crippen molar-refractivity contribution in [2.24, 2.45) is 0 Å². The molecule has 0 aliphatic carbocycles. The van der Waals surface area contributed by atoms with Crippen LogP contribution in [0.25, 0.3) is 0 Å². The smallest absolute Gasteiger partial charge is 0.191 e. The molecule has 3 aromatic rings. The van der Waals surface area contributed by atoms with Gasteiger partial charge in [0, 0.05) is 23.2 Å². The van der Waals surface area contributed by atoms with Gasteiger partial charge < -0.3 is 14.0 Å². The quantitative estimate of drug-likeness (QED) is 0.348. The second kappa shape index (κ2) is 9.80. The van der Waals surface area contributed by atoms with Gasteiger partial charge in [-0.15, -0.1) is 10.2 Å². The highest BCUT2D eigenvalue weighted by atomic mass is 35.5. The Morgan fingerprint density at radius 1 is 1.17 bits per heavy atom. The molecule has 2 aromatic carbocycles. The zero-order valence-corrected chi connectivity index (χ0v) is 18.0. The predicted octanol–water partition coefficient (Wildman–Crippen LogP) is 5.08. The molecule has 1 atom stereocenters. The van der Waals surface area contributed by atoms with Crippen molar-refractivity contribution >= 4 is 29.1 Å². The van der Waals surface area contributed by atoms with Gasteiger partial charge in [-0.3, -0.25) is 4.79 Å². The van der Waals surface area contributed by atoms with Crippen LogP contribution in [0.1, 0.15) is 36.1 Å². The first kappa shape index (κ1) is 21.2. The summed E-state index contributed by atoms with van der Waals surface area (Å²) < 4.78 is 13.2. The number of hydrogen-bond donors (Lipinski definition) is 0. The molecule has 6 nitrogen and oxygen atoms in total. The molecule has 8 heteroatoms. The van der Waals surface area contributed by atoms with Gasteiger partial charge in [0.15, 0.2) is 22.9 Å². The van der Waals surface area contributed by atoms with Crippen molar-refractivity contribution in [3.05, 3.63) is 64.9 Å². The number of Topliss-reactive ketones (excluding diaryl/α,β-unsaturated/α-hetero) is 1. The lowest BCUT2D eigenvalue weighted by atomic mass is 10.1. The zero-order chi connectivity index (χ0) is 20.8. The number of rotatable bonds is 9. The van der Waals surface area contributed by atoms with Gasteiger partial charge in [-0.2, -0.15) is 0 Å². The van der Waals surface area contributed by atoms with Gasteiger partial charge >= 0.3 is 0 Å². The Morgan fingerprint density at radius 2 is 1.90 bits per heavy atom. The molecular formula is C21H22ClN3O3S. The van der Waals surface area contributed by atoms with Crippen LogP contribution in [0.4, 0.5) is 0 Å². The number of benzene rings is 2. The first-order valence-corrected chi connectivity index (χ1v) is 10.5. The molecule has 0 saturated heterocycles. The topological polar surface area (TPSA) is 66.2 Å². The molecular weight excluding hydrogens is 410 g/mol. The Bertz CT molecular complexity index is 976. The number of carbonyl (C=O) groups is 1. The molecule has 0 spiro atoms. The monoisotopic (exact) mass is 431 g/mol. The average molecular weight is 432 g/mol. The number of hydrogen-bond acceptors (Lipinski definition) is 6. The minimum absolute atomic E-state index is 0.0135. The largest absolute Gasteiger partial charge is 0.497 e. The van der Waals surface area contributed by atoms with E-state index in [-0.39, 0.29) is 17.6 Å². The highest BCUT2D eigenvalue weighted by Crippen LogP contribution is 2.27. The van der Waals surface area contributed by atoms with Crippen LogP contribution in [0.3, 0.4) is 0 Å². The lowest BCUT2D eigenvalue weighted by Crippen LogP contribution is -2.12.